The highest BCUT2D eigenvalue weighted by atomic mass is 35.5. The minimum atomic E-state index is 0.515. The normalized spacial score (nSPS) is 9.56. The first-order chi connectivity index (χ1) is 4.36. The van der Waals surface area contributed by atoms with E-state index in [1.165, 1.54) is 11.5 Å². The van der Waals surface area contributed by atoms with Crippen LogP contribution in [0.2, 0.25) is 0 Å². The lowest BCUT2D eigenvalue weighted by Gasteiger charge is -1.85. The summed E-state index contributed by atoms with van der Waals surface area (Å²) < 4.78 is 8.78. The Bertz CT molecular complexity index is 170. The van der Waals surface area contributed by atoms with Crippen molar-refractivity contribution in [2.45, 2.75) is 5.88 Å². The maximum absolute atomic E-state index is 5.51. The van der Waals surface area contributed by atoms with E-state index in [-0.39, 0.29) is 0 Å². The quantitative estimate of drug-likeness (QED) is 0.622. The minimum Gasteiger partial charge on any atom is -0.480 e. The highest BCUT2D eigenvalue weighted by Crippen LogP contribution is 2.17. The van der Waals surface area contributed by atoms with E-state index >= 15 is 0 Å². The third kappa shape index (κ3) is 1.56. The molecule has 1 aromatic heterocycles. The molecule has 9 heavy (non-hydrogen) atoms. The van der Waals surface area contributed by atoms with Crippen LogP contribution in [-0.4, -0.2) is 11.5 Å². The summed E-state index contributed by atoms with van der Waals surface area (Å²) in [5, 5.41) is 0. The third-order valence-electron chi connectivity index (χ3n) is 0.878. The van der Waals surface area contributed by atoms with Crippen LogP contribution in [0, 0.1) is 0 Å². The molecule has 0 aromatic carbocycles. The second-order valence-electron chi connectivity index (χ2n) is 1.47. The molecule has 1 aromatic rings. The summed E-state index contributed by atoms with van der Waals surface area (Å²) in [4.78, 5) is 1.04. The van der Waals surface area contributed by atoms with Gasteiger partial charge < -0.3 is 4.74 Å². The van der Waals surface area contributed by atoms with Gasteiger partial charge in [0, 0.05) is 10.9 Å². The Kier molecular flexibility index (Phi) is 2.30. The molecule has 0 bridgehead atoms. The minimum absolute atomic E-state index is 0.515. The van der Waals surface area contributed by atoms with Crippen molar-refractivity contribution < 1.29 is 4.74 Å². The molecule has 4 heteroatoms. The Labute approximate surface area is 62.6 Å². The second kappa shape index (κ2) is 3.03. The topological polar surface area (TPSA) is 22.1 Å². The van der Waals surface area contributed by atoms with Crippen molar-refractivity contribution in [3.8, 4) is 5.88 Å². The lowest BCUT2D eigenvalue weighted by Crippen LogP contribution is -1.78. The smallest absolute Gasteiger partial charge is 0.225 e. The standard InChI is InChI=1S/C5H6ClNOS/c1-8-5-2-4(3-6)9-7-5/h2H,3H2,1H3. The monoisotopic (exact) mass is 163 g/mol. The van der Waals surface area contributed by atoms with E-state index in [9.17, 15) is 0 Å². The fourth-order valence-corrected chi connectivity index (χ4v) is 1.21. The van der Waals surface area contributed by atoms with Crippen molar-refractivity contribution in [3.05, 3.63) is 10.9 Å². The zero-order chi connectivity index (χ0) is 6.69. The van der Waals surface area contributed by atoms with Gasteiger partial charge in [-0.15, -0.1) is 11.6 Å². The molecule has 0 atom stereocenters. The first kappa shape index (κ1) is 6.83. The Morgan fingerprint density at radius 1 is 1.89 bits per heavy atom. The summed E-state index contributed by atoms with van der Waals surface area (Å²) in [5.41, 5.74) is 0. The van der Waals surface area contributed by atoms with Gasteiger partial charge in [0.05, 0.1) is 13.0 Å². The van der Waals surface area contributed by atoms with Crippen molar-refractivity contribution >= 4 is 23.1 Å². The van der Waals surface area contributed by atoms with Crippen LogP contribution >= 0.6 is 23.1 Å². The molecule has 0 N–H and O–H groups in total. The molecule has 50 valence electrons. The number of rotatable bonds is 2. The van der Waals surface area contributed by atoms with E-state index in [4.69, 9.17) is 16.3 Å². The Morgan fingerprint density at radius 2 is 2.67 bits per heavy atom. The summed E-state index contributed by atoms with van der Waals surface area (Å²) in [6.45, 7) is 0. The van der Waals surface area contributed by atoms with Crippen molar-refractivity contribution in [1.82, 2.24) is 4.37 Å². The largest absolute Gasteiger partial charge is 0.480 e. The molecule has 0 amide bonds. The Morgan fingerprint density at radius 3 is 3.00 bits per heavy atom. The van der Waals surface area contributed by atoms with Gasteiger partial charge in [0.15, 0.2) is 0 Å². The second-order valence-corrected chi connectivity index (χ2v) is 2.63. The molecule has 1 heterocycles. The average molecular weight is 164 g/mol. The van der Waals surface area contributed by atoms with Gasteiger partial charge in [0.25, 0.3) is 0 Å². The molecule has 2 nitrogen and oxygen atoms in total. The summed E-state index contributed by atoms with van der Waals surface area (Å²) in [6.07, 6.45) is 0. The predicted octanol–water partition coefficient (Wildman–Crippen LogP) is 1.89. The number of methoxy groups -OCH3 is 1. The molecule has 0 spiro atoms. The molecule has 0 radical (unpaired) electrons. The van der Waals surface area contributed by atoms with Crippen molar-refractivity contribution in [3.63, 3.8) is 0 Å². The highest BCUT2D eigenvalue weighted by molar-refractivity contribution is 7.06. The van der Waals surface area contributed by atoms with Crippen molar-refractivity contribution in [2.24, 2.45) is 0 Å². The van der Waals surface area contributed by atoms with Gasteiger partial charge in [0.2, 0.25) is 5.88 Å². The van der Waals surface area contributed by atoms with Crippen LogP contribution in [-0.2, 0) is 5.88 Å². The Balaban J connectivity index is 2.74. The van der Waals surface area contributed by atoms with Gasteiger partial charge in [-0.3, -0.25) is 0 Å². The number of aromatic nitrogens is 1. The lowest BCUT2D eigenvalue weighted by molar-refractivity contribution is 0.402. The summed E-state index contributed by atoms with van der Waals surface area (Å²) in [7, 11) is 1.59. The Hall–Kier alpha value is -0.280. The molecular formula is C5H6ClNOS. The van der Waals surface area contributed by atoms with E-state index < -0.39 is 0 Å². The zero-order valence-electron chi connectivity index (χ0n) is 4.93. The molecule has 0 aliphatic carbocycles. The van der Waals surface area contributed by atoms with Gasteiger partial charge in [-0.25, -0.2) is 0 Å². The molecule has 0 fully saturated rings. The highest BCUT2D eigenvalue weighted by Gasteiger charge is 1.97. The number of nitrogens with zero attached hydrogens (tertiary/aromatic N) is 1. The van der Waals surface area contributed by atoms with Gasteiger partial charge in [0.1, 0.15) is 0 Å². The first-order valence-corrected chi connectivity index (χ1v) is 3.73. The van der Waals surface area contributed by atoms with Gasteiger partial charge >= 0.3 is 0 Å². The maximum Gasteiger partial charge on any atom is 0.225 e. The number of ether oxygens (including phenoxy) is 1. The van der Waals surface area contributed by atoms with Crippen LogP contribution in [0.25, 0.3) is 0 Å². The number of halogens is 1. The molecule has 1 rings (SSSR count). The zero-order valence-corrected chi connectivity index (χ0v) is 6.50. The lowest BCUT2D eigenvalue weighted by atomic mass is 10.5. The molecule has 0 saturated heterocycles. The molecule has 0 unspecified atom stereocenters. The average Bonchev–Trinajstić information content (AvgIpc) is 2.34. The van der Waals surface area contributed by atoms with Crippen LogP contribution in [0.3, 0.4) is 0 Å². The molecule has 0 aliphatic heterocycles. The van der Waals surface area contributed by atoms with E-state index in [1.54, 1.807) is 7.11 Å². The van der Waals surface area contributed by atoms with E-state index in [0.29, 0.717) is 11.8 Å². The summed E-state index contributed by atoms with van der Waals surface area (Å²) in [6, 6.07) is 1.83. The summed E-state index contributed by atoms with van der Waals surface area (Å²) in [5.74, 6) is 1.16. The van der Waals surface area contributed by atoms with Gasteiger partial charge in [-0.1, -0.05) is 0 Å². The molecule has 0 aliphatic rings. The van der Waals surface area contributed by atoms with Crippen molar-refractivity contribution in [1.29, 1.82) is 0 Å². The first-order valence-electron chi connectivity index (χ1n) is 2.42. The maximum atomic E-state index is 5.51. The van der Waals surface area contributed by atoms with Crippen LogP contribution in [0.4, 0.5) is 0 Å². The van der Waals surface area contributed by atoms with Crippen LogP contribution in [0.5, 0.6) is 5.88 Å². The van der Waals surface area contributed by atoms with Crippen LogP contribution < -0.4 is 4.74 Å². The fraction of sp³-hybridized carbons (Fsp3) is 0.400. The van der Waals surface area contributed by atoms with Gasteiger partial charge in [-0.05, 0) is 11.5 Å². The molecule has 0 saturated carbocycles. The predicted molar refractivity (Wildman–Crippen MR) is 38.2 cm³/mol. The fourth-order valence-electron chi connectivity index (χ4n) is 0.453. The van der Waals surface area contributed by atoms with E-state index in [2.05, 4.69) is 4.37 Å². The third-order valence-corrected chi connectivity index (χ3v) is 2.09. The van der Waals surface area contributed by atoms with Crippen LogP contribution in [0.1, 0.15) is 4.88 Å². The SMILES string of the molecule is COc1cc(CCl)sn1. The van der Waals surface area contributed by atoms with Crippen LogP contribution in [0.15, 0.2) is 6.07 Å². The summed E-state index contributed by atoms with van der Waals surface area (Å²) >= 11 is 6.88. The van der Waals surface area contributed by atoms with Gasteiger partial charge in [-0.2, -0.15) is 4.37 Å². The van der Waals surface area contributed by atoms with E-state index in [0.717, 1.165) is 4.88 Å². The number of alkyl halides is 1. The van der Waals surface area contributed by atoms with Crippen molar-refractivity contribution in [2.75, 3.05) is 7.11 Å². The van der Waals surface area contributed by atoms with E-state index in [1.807, 2.05) is 6.07 Å². The number of hydrogen-bond donors (Lipinski definition) is 0. The molecular weight excluding hydrogens is 158 g/mol. The number of hydrogen-bond acceptors (Lipinski definition) is 3.